The van der Waals surface area contributed by atoms with Crippen LogP contribution in [-0.4, -0.2) is 76.5 Å². The number of hydrogen-bond donors (Lipinski definition) is 0. The molecule has 0 radical (unpaired) electrons. The summed E-state index contributed by atoms with van der Waals surface area (Å²) >= 11 is 6.58. The number of nitrogens with zero attached hydrogens (tertiary/aromatic N) is 10. The van der Waals surface area contributed by atoms with Crippen LogP contribution in [0.2, 0.25) is 0 Å². The quantitative estimate of drug-likeness (QED) is 0.203. The molecular weight excluding hydrogens is 604 g/mol. The molecule has 0 bridgehead atoms. The maximum absolute atomic E-state index is 11.2. The van der Waals surface area contributed by atoms with E-state index in [4.69, 9.17) is 0 Å². The van der Waals surface area contributed by atoms with Crippen LogP contribution in [-0.2, 0) is 45.0 Å². The summed E-state index contributed by atoms with van der Waals surface area (Å²) in [6.07, 6.45) is 0.907. The fourth-order valence-electron chi connectivity index (χ4n) is 2.68. The van der Waals surface area contributed by atoms with Crippen LogP contribution in [0.3, 0.4) is 0 Å². The first-order valence-electron chi connectivity index (χ1n) is 10.2. The number of hydrogen-bond acceptors (Lipinski definition) is 12. The molecule has 0 aliphatic carbocycles. The number of carbonyl (C=O) groups excluding carboxylic acids is 2. The molecule has 36 heavy (non-hydrogen) atoms. The molecule has 0 N–H and O–H groups in total. The molecule has 4 aromatic rings. The lowest BCUT2D eigenvalue weighted by atomic mass is 10.2. The average Bonchev–Trinajstić information content (AvgIpc) is 3.48. The van der Waals surface area contributed by atoms with Crippen LogP contribution >= 0.6 is 31.9 Å². The SMILES string of the molecule is COC(=O)Cn1nnc(Cc2cccc(Br)n2)n1.COC(=O)Cn1nnnc1Cc1cccc(Br)n1. The second-order valence-corrected chi connectivity index (χ2v) is 8.52. The summed E-state index contributed by atoms with van der Waals surface area (Å²) in [5, 5.41) is 22.8. The molecule has 0 unspecified atom stereocenters. The van der Waals surface area contributed by atoms with Crippen molar-refractivity contribution in [3.63, 3.8) is 0 Å². The van der Waals surface area contributed by atoms with Gasteiger partial charge in [-0.3, -0.25) is 4.79 Å². The number of rotatable bonds is 8. The van der Waals surface area contributed by atoms with Crippen molar-refractivity contribution in [1.29, 1.82) is 0 Å². The number of tetrazole rings is 2. The van der Waals surface area contributed by atoms with Crippen molar-refractivity contribution in [3.05, 3.63) is 68.6 Å². The Kier molecular flexibility index (Phi) is 10.1. The number of aromatic nitrogens is 10. The van der Waals surface area contributed by atoms with Gasteiger partial charge >= 0.3 is 11.9 Å². The number of methoxy groups -OCH3 is 2. The minimum Gasteiger partial charge on any atom is -0.468 e. The van der Waals surface area contributed by atoms with E-state index in [9.17, 15) is 9.59 Å². The Morgan fingerprint density at radius 2 is 1.44 bits per heavy atom. The van der Waals surface area contributed by atoms with Gasteiger partial charge in [-0.15, -0.1) is 15.3 Å². The van der Waals surface area contributed by atoms with Crippen LogP contribution in [0.4, 0.5) is 0 Å². The Balaban J connectivity index is 0.000000201. The fourth-order valence-corrected chi connectivity index (χ4v) is 3.44. The van der Waals surface area contributed by atoms with Crippen LogP contribution in [0.1, 0.15) is 23.0 Å². The molecule has 0 aliphatic heterocycles. The number of esters is 2. The smallest absolute Gasteiger partial charge is 0.329 e. The molecule has 188 valence electrons. The molecule has 0 saturated heterocycles. The lowest BCUT2D eigenvalue weighted by molar-refractivity contribution is -0.142. The standard InChI is InChI=1S/2C10H10BrN5O2/c1-18-10(17)6-16-9(13-14-15-16)5-7-3-2-4-8(11)12-7;1-18-10(17)6-16-14-9(13-15-16)5-7-3-2-4-8(11)12-7/h2*2-4H,5-6H2,1H3. The first kappa shape index (κ1) is 26.9. The zero-order valence-electron chi connectivity index (χ0n) is 19.2. The number of pyridine rings is 2. The van der Waals surface area contributed by atoms with E-state index >= 15 is 0 Å². The molecule has 0 aromatic carbocycles. The molecule has 0 spiro atoms. The summed E-state index contributed by atoms with van der Waals surface area (Å²) in [6.45, 7) is -0.0533. The van der Waals surface area contributed by atoms with Gasteiger partial charge in [-0.05, 0) is 71.8 Å². The Morgan fingerprint density at radius 1 is 0.833 bits per heavy atom. The summed E-state index contributed by atoms with van der Waals surface area (Å²) in [5.41, 5.74) is 1.63. The Bertz CT molecular complexity index is 1310. The monoisotopic (exact) mass is 622 g/mol. The molecule has 0 aliphatic rings. The lowest BCUT2D eigenvalue weighted by Crippen LogP contribution is -2.16. The van der Waals surface area contributed by atoms with Gasteiger partial charge in [-0.2, -0.15) is 4.80 Å². The largest absolute Gasteiger partial charge is 0.468 e. The maximum Gasteiger partial charge on any atom is 0.329 e. The van der Waals surface area contributed by atoms with Crippen molar-refractivity contribution in [3.8, 4) is 0 Å². The highest BCUT2D eigenvalue weighted by molar-refractivity contribution is 9.10. The van der Waals surface area contributed by atoms with Gasteiger partial charge in [0.2, 0.25) is 0 Å². The normalized spacial score (nSPS) is 10.3. The first-order valence-corrected chi connectivity index (χ1v) is 11.8. The topological polar surface area (TPSA) is 166 Å². The minimum atomic E-state index is -0.417. The van der Waals surface area contributed by atoms with Gasteiger partial charge in [0.25, 0.3) is 0 Å². The average molecular weight is 624 g/mol. The third kappa shape index (κ3) is 8.53. The summed E-state index contributed by atoms with van der Waals surface area (Å²) in [6, 6.07) is 11.2. The molecular formula is C20H20Br2N10O4. The van der Waals surface area contributed by atoms with Gasteiger partial charge in [-0.1, -0.05) is 12.1 Å². The van der Waals surface area contributed by atoms with Gasteiger partial charge in [0.1, 0.15) is 15.8 Å². The number of ether oxygens (including phenoxy) is 2. The number of carbonyl (C=O) groups is 2. The summed E-state index contributed by atoms with van der Waals surface area (Å²) in [5.74, 6) is 0.251. The van der Waals surface area contributed by atoms with Gasteiger partial charge in [-0.25, -0.2) is 19.4 Å². The zero-order chi connectivity index (χ0) is 25.9. The highest BCUT2D eigenvalue weighted by Crippen LogP contribution is 2.10. The highest BCUT2D eigenvalue weighted by Gasteiger charge is 2.12. The first-order chi connectivity index (χ1) is 17.4. The van der Waals surface area contributed by atoms with E-state index in [1.54, 1.807) is 0 Å². The van der Waals surface area contributed by atoms with Crippen LogP contribution in [0, 0.1) is 0 Å². The minimum absolute atomic E-state index is 0.00711. The van der Waals surface area contributed by atoms with E-state index in [0.717, 1.165) is 20.6 Å². The molecule has 0 saturated carbocycles. The highest BCUT2D eigenvalue weighted by atomic mass is 79.9. The summed E-state index contributed by atoms with van der Waals surface area (Å²) in [7, 11) is 2.63. The van der Waals surface area contributed by atoms with Crippen LogP contribution in [0.25, 0.3) is 0 Å². The lowest BCUT2D eigenvalue weighted by Gasteiger charge is -2.03. The predicted octanol–water partition coefficient (Wildman–Crippen LogP) is 1.19. The molecule has 4 heterocycles. The van der Waals surface area contributed by atoms with Crippen molar-refractivity contribution >= 4 is 43.8 Å². The second kappa shape index (κ2) is 13.4. The molecule has 14 nitrogen and oxygen atoms in total. The van der Waals surface area contributed by atoms with Crippen molar-refractivity contribution < 1.29 is 19.1 Å². The summed E-state index contributed by atoms with van der Waals surface area (Å²) < 4.78 is 12.0. The predicted molar refractivity (Wildman–Crippen MR) is 129 cm³/mol. The fraction of sp³-hybridized carbons (Fsp3) is 0.300. The Labute approximate surface area is 221 Å². The number of halogens is 2. The Morgan fingerprint density at radius 3 is 2.06 bits per heavy atom. The zero-order valence-corrected chi connectivity index (χ0v) is 22.3. The second-order valence-electron chi connectivity index (χ2n) is 6.90. The van der Waals surface area contributed by atoms with Gasteiger partial charge < -0.3 is 9.47 Å². The maximum atomic E-state index is 11.2. The van der Waals surface area contributed by atoms with Crippen molar-refractivity contribution in [1.82, 2.24) is 50.4 Å². The van der Waals surface area contributed by atoms with E-state index in [-0.39, 0.29) is 13.1 Å². The molecule has 4 rings (SSSR count). The van der Waals surface area contributed by atoms with Crippen LogP contribution in [0.15, 0.2) is 45.6 Å². The van der Waals surface area contributed by atoms with E-state index in [0.29, 0.717) is 24.5 Å². The summed E-state index contributed by atoms with van der Waals surface area (Å²) in [4.78, 5) is 31.9. The van der Waals surface area contributed by atoms with Crippen molar-refractivity contribution in [2.45, 2.75) is 25.9 Å². The van der Waals surface area contributed by atoms with Gasteiger partial charge in [0, 0.05) is 11.4 Å². The third-order valence-electron chi connectivity index (χ3n) is 4.33. The molecule has 0 fully saturated rings. The van der Waals surface area contributed by atoms with Crippen molar-refractivity contribution in [2.24, 2.45) is 0 Å². The third-order valence-corrected chi connectivity index (χ3v) is 5.21. The van der Waals surface area contributed by atoms with Gasteiger partial charge in [0.15, 0.2) is 18.2 Å². The van der Waals surface area contributed by atoms with E-state index in [2.05, 4.69) is 82.2 Å². The molecule has 0 atom stereocenters. The van der Waals surface area contributed by atoms with E-state index < -0.39 is 11.9 Å². The molecule has 0 amide bonds. The van der Waals surface area contributed by atoms with Gasteiger partial charge in [0.05, 0.1) is 27.1 Å². The Hall–Kier alpha value is -3.66. The van der Waals surface area contributed by atoms with Crippen LogP contribution < -0.4 is 0 Å². The van der Waals surface area contributed by atoms with Crippen LogP contribution in [0.5, 0.6) is 0 Å². The molecule has 4 aromatic heterocycles. The van der Waals surface area contributed by atoms with E-state index in [1.807, 2.05) is 36.4 Å². The van der Waals surface area contributed by atoms with Crippen molar-refractivity contribution in [2.75, 3.05) is 14.2 Å². The van der Waals surface area contributed by atoms with E-state index in [1.165, 1.54) is 23.7 Å². The molecule has 16 heteroatoms.